The SMILES string of the molecule is O=C(CC(c1ccccc1)c1ccccc1)NCC(F)(F)F. The van der Waals surface area contributed by atoms with Gasteiger partial charge >= 0.3 is 6.18 Å². The Morgan fingerprint density at radius 1 is 0.909 bits per heavy atom. The lowest BCUT2D eigenvalue weighted by molar-refractivity contribution is -0.138. The van der Waals surface area contributed by atoms with Crippen LogP contribution in [0.4, 0.5) is 13.2 Å². The second-order valence-corrected chi connectivity index (χ2v) is 4.97. The standard InChI is InChI=1S/C17H16F3NO/c18-17(19,20)12-21-16(22)11-15(13-7-3-1-4-8-13)14-9-5-2-6-10-14/h1-10,15H,11-12H2,(H,21,22). The van der Waals surface area contributed by atoms with Crippen LogP contribution in [0.15, 0.2) is 60.7 Å². The minimum absolute atomic E-state index is 0.0237. The minimum atomic E-state index is -4.40. The molecular weight excluding hydrogens is 291 g/mol. The van der Waals surface area contributed by atoms with Gasteiger partial charge in [-0.25, -0.2) is 0 Å². The van der Waals surface area contributed by atoms with Gasteiger partial charge in [-0.1, -0.05) is 60.7 Å². The van der Waals surface area contributed by atoms with E-state index in [9.17, 15) is 18.0 Å². The Hall–Kier alpha value is -2.30. The molecular formula is C17H16F3NO. The third-order valence-electron chi connectivity index (χ3n) is 3.28. The summed E-state index contributed by atoms with van der Waals surface area (Å²) in [4.78, 5) is 11.8. The zero-order valence-electron chi connectivity index (χ0n) is 11.8. The highest BCUT2D eigenvalue weighted by Crippen LogP contribution is 2.27. The van der Waals surface area contributed by atoms with Crippen molar-refractivity contribution < 1.29 is 18.0 Å². The van der Waals surface area contributed by atoms with Crippen molar-refractivity contribution in [1.29, 1.82) is 0 Å². The van der Waals surface area contributed by atoms with E-state index in [1.165, 1.54) is 0 Å². The van der Waals surface area contributed by atoms with Crippen molar-refractivity contribution in [3.63, 3.8) is 0 Å². The van der Waals surface area contributed by atoms with Crippen molar-refractivity contribution in [1.82, 2.24) is 5.32 Å². The second-order valence-electron chi connectivity index (χ2n) is 4.97. The van der Waals surface area contributed by atoms with Crippen LogP contribution in [-0.4, -0.2) is 18.6 Å². The van der Waals surface area contributed by atoms with E-state index < -0.39 is 18.6 Å². The summed E-state index contributed by atoms with van der Waals surface area (Å²) in [5.74, 6) is -0.884. The summed E-state index contributed by atoms with van der Waals surface area (Å²) in [6.07, 6.45) is -4.42. The molecule has 2 rings (SSSR count). The van der Waals surface area contributed by atoms with Crippen molar-refractivity contribution in [3.8, 4) is 0 Å². The third kappa shape index (κ3) is 4.91. The molecule has 2 nitrogen and oxygen atoms in total. The highest BCUT2D eigenvalue weighted by Gasteiger charge is 2.28. The van der Waals surface area contributed by atoms with Gasteiger partial charge in [0.25, 0.3) is 0 Å². The van der Waals surface area contributed by atoms with Gasteiger partial charge in [-0.15, -0.1) is 0 Å². The first kappa shape index (κ1) is 16.1. The summed E-state index contributed by atoms with van der Waals surface area (Å²) in [5, 5.41) is 1.93. The Balaban J connectivity index is 2.14. The van der Waals surface area contributed by atoms with Gasteiger partial charge < -0.3 is 5.32 Å². The number of nitrogens with one attached hydrogen (secondary N) is 1. The Morgan fingerprint density at radius 2 is 1.36 bits per heavy atom. The van der Waals surface area contributed by atoms with Crippen LogP contribution in [0.2, 0.25) is 0 Å². The molecule has 0 heterocycles. The van der Waals surface area contributed by atoms with Crippen molar-refractivity contribution >= 4 is 5.91 Å². The maximum atomic E-state index is 12.2. The van der Waals surface area contributed by atoms with Crippen LogP contribution in [0, 0.1) is 0 Å². The van der Waals surface area contributed by atoms with Crippen LogP contribution in [0.25, 0.3) is 0 Å². The summed E-state index contributed by atoms with van der Waals surface area (Å²) < 4.78 is 36.6. The van der Waals surface area contributed by atoms with Gasteiger partial charge in [0.05, 0.1) is 0 Å². The van der Waals surface area contributed by atoms with E-state index in [4.69, 9.17) is 0 Å². The molecule has 0 aliphatic rings. The van der Waals surface area contributed by atoms with Crippen LogP contribution in [0.1, 0.15) is 23.5 Å². The van der Waals surface area contributed by atoms with Gasteiger partial charge in [-0.3, -0.25) is 4.79 Å². The molecule has 1 N–H and O–H groups in total. The molecule has 0 aromatic heterocycles. The molecule has 0 spiro atoms. The number of carbonyl (C=O) groups is 1. The van der Waals surface area contributed by atoms with Crippen LogP contribution in [0.3, 0.4) is 0 Å². The predicted molar refractivity (Wildman–Crippen MR) is 78.4 cm³/mol. The van der Waals surface area contributed by atoms with E-state index in [1.54, 1.807) is 0 Å². The maximum absolute atomic E-state index is 12.2. The zero-order chi connectivity index (χ0) is 16.0. The predicted octanol–water partition coefficient (Wildman–Crippen LogP) is 3.89. The molecule has 2 aromatic rings. The van der Waals surface area contributed by atoms with Crippen molar-refractivity contribution in [2.75, 3.05) is 6.54 Å². The Kier molecular flexibility index (Phi) is 5.20. The summed E-state index contributed by atoms with van der Waals surface area (Å²) in [5.41, 5.74) is 1.80. The molecule has 0 atom stereocenters. The summed E-state index contributed by atoms with van der Waals surface area (Å²) >= 11 is 0. The van der Waals surface area contributed by atoms with Crippen LogP contribution >= 0.6 is 0 Å². The molecule has 5 heteroatoms. The zero-order valence-corrected chi connectivity index (χ0v) is 11.8. The van der Waals surface area contributed by atoms with E-state index >= 15 is 0 Å². The molecule has 22 heavy (non-hydrogen) atoms. The van der Waals surface area contributed by atoms with E-state index in [0.29, 0.717) is 0 Å². The number of amides is 1. The van der Waals surface area contributed by atoms with Crippen molar-refractivity contribution in [3.05, 3.63) is 71.8 Å². The monoisotopic (exact) mass is 307 g/mol. The lowest BCUT2D eigenvalue weighted by Gasteiger charge is -2.18. The molecule has 0 aliphatic carbocycles. The number of carbonyl (C=O) groups excluding carboxylic acids is 1. The van der Waals surface area contributed by atoms with Crippen LogP contribution in [-0.2, 0) is 4.79 Å². The van der Waals surface area contributed by atoms with Gasteiger partial charge in [0, 0.05) is 12.3 Å². The average Bonchev–Trinajstić information content (AvgIpc) is 2.52. The van der Waals surface area contributed by atoms with E-state index in [0.717, 1.165) is 11.1 Å². The van der Waals surface area contributed by atoms with Crippen molar-refractivity contribution in [2.45, 2.75) is 18.5 Å². The smallest absolute Gasteiger partial charge is 0.347 e. The van der Waals surface area contributed by atoms with Gasteiger partial charge in [-0.2, -0.15) is 13.2 Å². The molecule has 116 valence electrons. The molecule has 0 saturated carbocycles. The minimum Gasteiger partial charge on any atom is -0.347 e. The molecule has 0 saturated heterocycles. The lowest BCUT2D eigenvalue weighted by Crippen LogP contribution is -2.34. The fourth-order valence-corrected chi connectivity index (χ4v) is 2.26. The van der Waals surface area contributed by atoms with Crippen LogP contribution < -0.4 is 5.32 Å². The third-order valence-corrected chi connectivity index (χ3v) is 3.28. The first-order valence-corrected chi connectivity index (χ1v) is 6.89. The highest BCUT2D eigenvalue weighted by atomic mass is 19.4. The van der Waals surface area contributed by atoms with Gasteiger partial charge in [-0.05, 0) is 11.1 Å². The Morgan fingerprint density at radius 3 is 1.77 bits per heavy atom. The topological polar surface area (TPSA) is 29.1 Å². The Bertz CT molecular complexity index is 557. The maximum Gasteiger partial charge on any atom is 0.405 e. The normalized spacial score (nSPS) is 11.5. The van der Waals surface area contributed by atoms with E-state index in [-0.39, 0.29) is 12.3 Å². The van der Waals surface area contributed by atoms with Gasteiger partial charge in [0.2, 0.25) is 5.91 Å². The highest BCUT2D eigenvalue weighted by molar-refractivity contribution is 5.77. The molecule has 0 bridgehead atoms. The molecule has 0 fully saturated rings. The number of hydrogen-bond donors (Lipinski definition) is 1. The largest absolute Gasteiger partial charge is 0.405 e. The Labute approximate surface area is 127 Å². The van der Waals surface area contributed by atoms with E-state index in [1.807, 2.05) is 66.0 Å². The summed E-state index contributed by atoms with van der Waals surface area (Å²) in [7, 11) is 0. The lowest BCUT2D eigenvalue weighted by atomic mass is 9.88. The van der Waals surface area contributed by atoms with Crippen molar-refractivity contribution in [2.24, 2.45) is 0 Å². The quantitative estimate of drug-likeness (QED) is 0.892. The second kappa shape index (κ2) is 7.11. The summed E-state index contributed by atoms with van der Waals surface area (Å²) in [6, 6.07) is 18.6. The fraction of sp³-hybridized carbons (Fsp3) is 0.235. The van der Waals surface area contributed by atoms with Gasteiger partial charge in [0.15, 0.2) is 0 Å². The van der Waals surface area contributed by atoms with Crippen LogP contribution in [0.5, 0.6) is 0 Å². The molecule has 2 aromatic carbocycles. The molecule has 1 amide bonds. The number of rotatable bonds is 5. The average molecular weight is 307 g/mol. The summed E-state index contributed by atoms with van der Waals surface area (Å²) in [6.45, 7) is -1.30. The van der Waals surface area contributed by atoms with Gasteiger partial charge in [0.1, 0.15) is 6.54 Å². The molecule has 0 radical (unpaired) electrons. The number of hydrogen-bond acceptors (Lipinski definition) is 1. The number of benzene rings is 2. The van der Waals surface area contributed by atoms with E-state index in [2.05, 4.69) is 0 Å². The first-order chi connectivity index (χ1) is 10.5. The fourth-order valence-electron chi connectivity index (χ4n) is 2.26. The first-order valence-electron chi connectivity index (χ1n) is 6.89. The number of halogens is 3. The molecule has 0 aliphatic heterocycles. The molecule has 0 unspecified atom stereocenters. The number of alkyl halides is 3.